The third-order valence-corrected chi connectivity index (χ3v) is 3.48. The van der Waals surface area contributed by atoms with E-state index in [2.05, 4.69) is 5.32 Å². The van der Waals surface area contributed by atoms with Crippen molar-refractivity contribution in [3.63, 3.8) is 0 Å². The van der Waals surface area contributed by atoms with Gasteiger partial charge in [-0.3, -0.25) is 9.59 Å². The second kappa shape index (κ2) is 6.41. The lowest BCUT2D eigenvalue weighted by Gasteiger charge is -2.12. The average Bonchev–Trinajstić information content (AvgIpc) is 3.26. The number of methoxy groups -OCH3 is 1. The molecule has 0 aliphatic heterocycles. The summed E-state index contributed by atoms with van der Waals surface area (Å²) in [6, 6.07) is 7.33. The highest BCUT2D eigenvalue weighted by atomic mass is 16.5. The molecule has 0 spiro atoms. The number of aliphatic carboxylic acids is 1. The highest BCUT2D eigenvalue weighted by Gasteiger charge is 2.33. The number of carboxylic acids is 1. The molecular weight excluding hydrogens is 258 g/mol. The number of rotatable bonds is 7. The zero-order valence-electron chi connectivity index (χ0n) is 11.5. The number of nitrogens with one attached hydrogen (secondary N) is 1. The minimum atomic E-state index is -1.04. The fourth-order valence-electron chi connectivity index (χ4n) is 2.10. The van der Waals surface area contributed by atoms with Crippen molar-refractivity contribution >= 4 is 11.9 Å². The zero-order valence-corrected chi connectivity index (χ0v) is 11.5. The maximum Gasteiger partial charge on any atom is 0.316 e. The van der Waals surface area contributed by atoms with Crippen LogP contribution in [0.25, 0.3) is 0 Å². The lowest BCUT2D eigenvalue weighted by Crippen LogP contribution is -2.35. The van der Waals surface area contributed by atoms with Crippen molar-refractivity contribution in [2.45, 2.75) is 25.8 Å². The Bertz CT molecular complexity index is 496. The Balaban J connectivity index is 1.90. The molecule has 0 bridgehead atoms. The summed E-state index contributed by atoms with van der Waals surface area (Å²) in [6.07, 6.45) is 2.51. The molecule has 0 radical (unpaired) electrons. The fourth-order valence-corrected chi connectivity index (χ4v) is 2.10. The molecule has 1 saturated carbocycles. The minimum absolute atomic E-state index is 0.310. The van der Waals surface area contributed by atoms with Crippen LogP contribution in [0.3, 0.4) is 0 Å². The maximum absolute atomic E-state index is 12.0. The predicted octanol–water partition coefficient (Wildman–Crippen LogP) is 1.81. The molecule has 5 heteroatoms. The lowest BCUT2D eigenvalue weighted by atomic mass is 10.0. The fraction of sp³-hybridized carbons (Fsp3) is 0.467. The number of amides is 1. The first-order chi connectivity index (χ1) is 9.60. The van der Waals surface area contributed by atoms with Gasteiger partial charge in [-0.05, 0) is 30.0 Å². The van der Waals surface area contributed by atoms with Crippen molar-refractivity contribution in [2.24, 2.45) is 11.8 Å². The quantitative estimate of drug-likeness (QED) is 0.745. The molecule has 1 fully saturated rings. The van der Waals surface area contributed by atoms with Gasteiger partial charge in [-0.2, -0.15) is 0 Å². The van der Waals surface area contributed by atoms with E-state index in [1.54, 1.807) is 7.11 Å². The van der Waals surface area contributed by atoms with Crippen LogP contribution in [0.1, 0.15) is 24.8 Å². The molecule has 2 rings (SSSR count). The lowest BCUT2D eigenvalue weighted by molar-refractivity contribution is -0.147. The van der Waals surface area contributed by atoms with Crippen LogP contribution in [0.2, 0.25) is 0 Å². The number of carbonyl (C=O) groups is 2. The number of benzene rings is 1. The standard InChI is InChI=1S/C15H19NO4/c1-20-12-4-2-3-11(7-12)9-16-14(17)13(15(18)19)8-10-5-6-10/h2-4,7,10,13H,5-6,8-9H2,1H3,(H,16,17)(H,18,19). The summed E-state index contributed by atoms with van der Waals surface area (Å²) >= 11 is 0. The topological polar surface area (TPSA) is 75.6 Å². The Hall–Kier alpha value is -2.04. The smallest absolute Gasteiger partial charge is 0.316 e. The molecule has 1 aliphatic rings. The van der Waals surface area contributed by atoms with Crippen LogP contribution >= 0.6 is 0 Å². The molecule has 1 atom stereocenters. The number of carboxylic acid groups (broad SMARTS) is 1. The first-order valence-electron chi connectivity index (χ1n) is 6.73. The summed E-state index contributed by atoms with van der Waals surface area (Å²) in [6.45, 7) is 0.310. The molecule has 1 amide bonds. The van der Waals surface area contributed by atoms with Crippen LogP contribution in [0.15, 0.2) is 24.3 Å². The number of hydrogen-bond acceptors (Lipinski definition) is 3. The Morgan fingerprint density at radius 1 is 1.45 bits per heavy atom. The Labute approximate surface area is 117 Å². The second-order valence-corrected chi connectivity index (χ2v) is 5.14. The van der Waals surface area contributed by atoms with Crippen molar-refractivity contribution in [1.82, 2.24) is 5.32 Å². The van der Waals surface area contributed by atoms with Gasteiger partial charge in [0.2, 0.25) is 5.91 Å². The highest BCUT2D eigenvalue weighted by molar-refractivity contribution is 5.96. The molecule has 0 saturated heterocycles. The first-order valence-corrected chi connectivity index (χ1v) is 6.73. The summed E-state index contributed by atoms with van der Waals surface area (Å²) in [5.74, 6) is -1.27. The van der Waals surface area contributed by atoms with Crippen LogP contribution in [-0.4, -0.2) is 24.1 Å². The van der Waals surface area contributed by atoms with Crippen LogP contribution in [0.5, 0.6) is 5.75 Å². The molecule has 108 valence electrons. The van der Waals surface area contributed by atoms with Crippen molar-refractivity contribution in [1.29, 1.82) is 0 Å². The Kier molecular flexibility index (Phi) is 4.61. The SMILES string of the molecule is COc1cccc(CNC(=O)C(CC2CC2)C(=O)O)c1. The number of ether oxygens (including phenoxy) is 1. The van der Waals surface area contributed by atoms with E-state index in [1.165, 1.54) is 0 Å². The summed E-state index contributed by atoms with van der Waals surface area (Å²) in [5.41, 5.74) is 0.883. The largest absolute Gasteiger partial charge is 0.497 e. The van der Waals surface area contributed by atoms with Crippen molar-refractivity contribution in [2.75, 3.05) is 7.11 Å². The van der Waals surface area contributed by atoms with Gasteiger partial charge in [0, 0.05) is 6.54 Å². The van der Waals surface area contributed by atoms with Gasteiger partial charge in [0.15, 0.2) is 0 Å². The van der Waals surface area contributed by atoms with Gasteiger partial charge in [0.05, 0.1) is 7.11 Å². The molecule has 2 N–H and O–H groups in total. The summed E-state index contributed by atoms with van der Waals surface area (Å²) in [4.78, 5) is 23.1. The maximum atomic E-state index is 12.0. The zero-order chi connectivity index (χ0) is 14.5. The van der Waals surface area contributed by atoms with Gasteiger partial charge in [0.25, 0.3) is 0 Å². The predicted molar refractivity (Wildman–Crippen MR) is 73.3 cm³/mol. The average molecular weight is 277 g/mol. The van der Waals surface area contributed by atoms with Gasteiger partial charge in [-0.15, -0.1) is 0 Å². The minimum Gasteiger partial charge on any atom is -0.497 e. The monoisotopic (exact) mass is 277 g/mol. The van der Waals surface area contributed by atoms with Gasteiger partial charge < -0.3 is 15.2 Å². The van der Waals surface area contributed by atoms with Gasteiger partial charge in [-0.1, -0.05) is 25.0 Å². The normalized spacial score (nSPS) is 15.4. The molecule has 5 nitrogen and oxygen atoms in total. The van der Waals surface area contributed by atoms with E-state index in [-0.39, 0.29) is 0 Å². The molecular formula is C15H19NO4. The van der Waals surface area contributed by atoms with Gasteiger partial charge in [0.1, 0.15) is 11.7 Å². The van der Waals surface area contributed by atoms with E-state index in [4.69, 9.17) is 9.84 Å². The molecule has 1 aliphatic carbocycles. The van der Waals surface area contributed by atoms with Crippen LogP contribution < -0.4 is 10.1 Å². The van der Waals surface area contributed by atoms with Gasteiger partial charge >= 0.3 is 5.97 Å². The summed E-state index contributed by atoms with van der Waals surface area (Å²) < 4.78 is 5.10. The molecule has 1 aromatic carbocycles. The summed E-state index contributed by atoms with van der Waals surface area (Å²) in [5, 5.41) is 11.8. The van der Waals surface area contributed by atoms with E-state index in [9.17, 15) is 9.59 Å². The van der Waals surface area contributed by atoms with E-state index >= 15 is 0 Å². The molecule has 20 heavy (non-hydrogen) atoms. The van der Waals surface area contributed by atoms with Crippen LogP contribution in [-0.2, 0) is 16.1 Å². The number of hydrogen-bond donors (Lipinski definition) is 2. The molecule has 0 heterocycles. The Morgan fingerprint density at radius 2 is 2.20 bits per heavy atom. The van der Waals surface area contributed by atoms with E-state index in [0.29, 0.717) is 24.6 Å². The molecule has 1 aromatic rings. The van der Waals surface area contributed by atoms with Crippen molar-refractivity contribution in [3.8, 4) is 5.75 Å². The summed E-state index contributed by atoms with van der Waals surface area (Å²) in [7, 11) is 1.58. The van der Waals surface area contributed by atoms with Crippen LogP contribution in [0.4, 0.5) is 0 Å². The molecule has 1 unspecified atom stereocenters. The van der Waals surface area contributed by atoms with E-state index in [1.807, 2.05) is 24.3 Å². The third kappa shape index (κ3) is 3.98. The van der Waals surface area contributed by atoms with Gasteiger partial charge in [-0.25, -0.2) is 0 Å². The first kappa shape index (κ1) is 14.4. The van der Waals surface area contributed by atoms with Crippen molar-refractivity contribution < 1.29 is 19.4 Å². The molecule has 0 aromatic heterocycles. The van der Waals surface area contributed by atoms with Crippen LogP contribution in [0, 0.1) is 11.8 Å². The second-order valence-electron chi connectivity index (χ2n) is 5.14. The van der Waals surface area contributed by atoms with E-state index < -0.39 is 17.8 Å². The Morgan fingerprint density at radius 3 is 2.80 bits per heavy atom. The van der Waals surface area contributed by atoms with E-state index in [0.717, 1.165) is 18.4 Å². The third-order valence-electron chi connectivity index (χ3n) is 3.48. The van der Waals surface area contributed by atoms with Crippen molar-refractivity contribution in [3.05, 3.63) is 29.8 Å². The highest BCUT2D eigenvalue weighted by Crippen LogP contribution is 2.35. The number of carbonyl (C=O) groups excluding carboxylic acids is 1.